The van der Waals surface area contributed by atoms with Crippen LogP contribution in [0.2, 0.25) is 0 Å². The fraction of sp³-hybridized carbons (Fsp3) is 0.318. The zero-order valence-electron chi connectivity index (χ0n) is 17.2. The molecule has 1 amide bonds. The number of ether oxygens (including phenoxy) is 2. The first-order valence-corrected chi connectivity index (χ1v) is 10.2. The molecule has 7 nitrogen and oxygen atoms in total. The quantitative estimate of drug-likeness (QED) is 0.477. The molecule has 0 unspecified atom stereocenters. The number of amides is 1. The van der Waals surface area contributed by atoms with Crippen molar-refractivity contribution in [3.05, 3.63) is 64.9 Å². The Bertz CT molecular complexity index is 1220. The number of carbonyl (C=O) groups is 1. The van der Waals surface area contributed by atoms with Crippen LogP contribution in [0.5, 0.6) is 5.75 Å². The predicted molar refractivity (Wildman–Crippen MR) is 107 cm³/mol. The average Bonchev–Trinajstić information content (AvgIpc) is 3.18. The topological polar surface area (TPSA) is 78.3 Å². The van der Waals surface area contributed by atoms with Gasteiger partial charge in [-0.1, -0.05) is 6.07 Å². The first-order valence-electron chi connectivity index (χ1n) is 10.2. The first kappa shape index (κ1) is 21.4. The number of pyridine rings is 1. The van der Waals surface area contributed by atoms with Gasteiger partial charge in [-0.15, -0.1) is 0 Å². The Balaban J connectivity index is 1.43. The summed E-state index contributed by atoms with van der Waals surface area (Å²) in [5.41, 5.74) is 0.826. The van der Waals surface area contributed by atoms with Crippen molar-refractivity contribution < 1.29 is 31.8 Å². The number of alkyl halides is 3. The number of nitrogens with one attached hydrogen (secondary N) is 1. The van der Waals surface area contributed by atoms with Crippen LogP contribution in [0.3, 0.4) is 0 Å². The molecule has 0 spiro atoms. The van der Waals surface area contributed by atoms with Crippen LogP contribution in [0.25, 0.3) is 11.3 Å². The van der Waals surface area contributed by atoms with E-state index in [0.717, 1.165) is 12.1 Å². The Hall–Kier alpha value is -3.47. The summed E-state index contributed by atoms with van der Waals surface area (Å²) in [7, 11) is 0. The van der Waals surface area contributed by atoms with Gasteiger partial charge < -0.3 is 14.8 Å². The van der Waals surface area contributed by atoms with Crippen LogP contribution in [-0.2, 0) is 30.5 Å². The molecule has 172 valence electrons. The van der Waals surface area contributed by atoms with Crippen LogP contribution in [0.4, 0.5) is 17.6 Å². The predicted octanol–water partition coefficient (Wildman–Crippen LogP) is 3.37. The lowest BCUT2D eigenvalue weighted by atomic mass is 9.99. The molecular weight excluding hydrogens is 444 g/mol. The van der Waals surface area contributed by atoms with E-state index in [1.807, 2.05) is 0 Å². The van der Waals surface area contributed by atoms with Gasteiger partial charge in [0.15, 0.2) is 5.69 Å². The largest absolute Gasteiger partial charge is 0.491 e. The van der Waals surface area contributed by atoms with Crippen molar-refractivity contribution in [3.8, 4) is 17.0 Å². The smallest absolute Gasteiger partial charge is 0.416 e. The SMILES string of the molecule is O=C(N[C@H]1COc2ccc(C(F)(F)F)cc2C1)c1nn2c(c1-c1cccc(F)n1)COCC2. The lowest BCUT2D eigenvalue weighted by Crippen LogP contribution is -2.43. The Labute approximate surface area is 185 Å². The molecule has 1 aromatic carbocycles. The highest BCUT2D eigenvalue weighted by atomic mass is 19.4. The first-order chi connectivity index (χ1) is 15.8. The lowest BCUT2D eigenvalue weighted by Gasteiger charge is -2.26. The number of nitrogens with zero attached hydrogens (tertiary/aromatic N) is 3. The van der Waals surface area contributed by atoms with Crippen molar-refractivity contribution in [2.75, 3.05) is 13.2 Å². The van der Waals surface area contributed by atoms with Gasteiger partial charge in [-0.25, -0.2) is 4.98 Å². The lowest BCUT2D eigenvalue weighted by molar-refractivity contribution is -0.137. The molecule has 5 rings (SSSR count). The molecule has 0 bridgehead atoms. The highest BCUT2D eigenvalue weighted by Crippen LogP contribution is 2.35. The Morgan fingerprint density at radius 3 is 2.85 bits per heavy atom. The van der Waals surface area contributed by atoms with Crippen molar-refractivity contribution in [1.29, 1.82) is 0 Å². The van der Waals surface area contributed by atoms with Crippen molar-refractivity contribution >= 4 is 5.91 Å². The Morgan fingerprint density at radius 1 is 1.21 bits per heavy atom. The van der Waals surface area contributed by atoms with E-state index in [9.17, 15) is 22.4 Å². The van der Waals surface area contributed by atoms with E-state index >= 15 is 0 Å². The molecular formula is C22H18F4N4O3. The second-order valence-electron chi connectivity index (χ2n) is 7.80. The van der Waals surface area contributed by atoms with E-state index in [4.69, 9.17) is 9.47 Å². The van der Waals surface area contributed by atoms with E-state index in [1.165, 1.54) is 18.2 Å². The molecule has 0 saturated carbocycles. The summed E-state index contributed by atoms with van der Waals surface area (Å²) in [4.78, 5) is 17.1. The summed E-state index contributed by atoms with van der Waals surface area (Å²) in [6, 6.07) is 6.96. The highest BCUT2D eigenvalue weighted by molar-refractivity contribution is 5.99. The van der Waals surface area contributed by atoms with E-state index < -0.39 is 29.6 Å². The van der Waals surface area contributed by atoms with Crippen LogP contribution < -0.4 is 10.1 Å². The molecule has 3 aromatic rings. The van der Waals surface area contributed by atoms with Crippen LogP contribution in [0.15, 0.2) is 36.4 Å². The maximum Gasteiger partial charge on any atom is 0.416 e. The number of carbonyl (C=O) groups excluding carboxylic acids is 1. The van der Waals surface area contributed by atoms with Gasteiger partial charge in [0, 0.05) is 0 Å². The molecule has 0 aliphatic carbocycles. The van der Waals surface area contributed by atoms with E-state index in [1.54, 1.807) is 10.7 Å². The summed E-state index contributed by atoms with van der Waals surface area (Å²) in [6.45, 7) is 1.12. The summed E-state index contributed by atoms with van der Waals surface area (Å²) in [6.07, 6.45) is -4.31. The van der Waals surface area contributed by atoms with Gasteiger partial charge in [0.05, 0.1) is 48.3 Å². The van der Waals surface area contributed by atoms with Crippen molar-refractivity contribution in [1.82, 2.24) is 20.1 Å². The second-order valence-corrected chi connectivity index (χ2v) is 7.80. The summed E-state index contributed by atoms with van der Waals surface area (Å²) in [5.74, 6) is -0.900. The third-order valence-corrected chi connectivity index (χ3v) is 5.56. The molecule has 0 saturated heterocycles. The van der Waals surface area contributed by atoms with Gasteiger partial charge in [-0.2, -0.15) is 22.7 Å². The zero-order valence-corrected chi connectivity index (χ0v) is 17.2. The van der Waals surface area contributed by atoms with Crippen LogP contribution in [-0.4, -0.2) is 39.9 Å². The number of rotatable bonds is 3. The van der Waals surface area contributed by atoms with E-state index in [0.29, 0.717) is 35.7 Å². The molecule has 33 heavy (non-hydrogen) atoms. The molecule has 1 atom stereocenters. The third kappa shape index (κ3) is 4.15. The number of fused-ring (bicyclic) bond motifs is 2. The molecule has 2 aliphatic rings. The summed E-state index contributed by atoms with van der Waals surface area (Å²) < 4.78 is 65.7. The van der Waals surface area contributed by atoms with Crippen LogP contribution in [0, 0.1) is 5.95 Å². The molecule has 0 fully saturated rings. The maximum atomic E-state index is 13.8. The molecule has 2 aliphatic heterocycles. The molecule has 4 heterocycles. The monoisotopic (exact) mass is 462 g/mol. The van der Waals surface area contributed by atoms with Gasteiger partial charge in [0.2, 0.25) is 5.95 Å². The number of halogens is 4. The summed E-state index contributed by atoms with van der Waals surface area (Å²) in [5, 5.41) is 7.17. The zero-order chi connectivity index (χ0) is 23.2. The number of hydrogen-bond donors (Lipinski definition) is 1. The Morgan fingerprint density at radius 2 is 2.06 bits per heavy atom. The standard InChI is InChI=1S/C22H18F4N4O3/c23-18-3-1-2-15(28-18)19-16-11-32-7-6-30(16)29-20(19)21(31)27-14-9-12-8-13(22(24,25)26)4-5-17(12)33-10-14/h1-5,8,14H,6-7,9-11H2,(H,27,31)/t14-/m1/s1. The summed E-state index contributed by atoms with van der Waals surface area (Å²) >= 11 is 0. The van der Waals surface area contributed by atoms with Crippen LogP contribution in [0.1, 0.15) is 27.3 Å². The van der Waals surface area contributed by atoms with E-state index in [2.05, 4.69) is 15.4 Å². The number of hydrogen-bond acceptors (Lipinski definition) is 5. The minimum Gasteiger partial charge on any atom is -0.491 e. The van der Waals surface area contributed by atoms with E-state index in [-0.39, 0.29) is 31.0 Å². The third-order valence-electron chi connectivity index (χ3n) is 5.56. The number of aromatic nitrogens is 3. The minimum atomic E-state index is -4.48. The maximum absolute atomic E-state index is 13.8. The van der Waals surface area contributed by atoms with Crippen LogP contribution >= 0.6 is 0 Å². The normalized spacial score (nSPS) is 17.6. The average molecular weight is 462 g/mol. The molecule has 0 radical (unpaired) electrons. The Kier molecular flexibility index (Phi) is 5.28. The highest BCUT2D eigenvalue weighted by Gasteiger charge is 2.33. The molecule has 1 N–H and O–H groups in total. The van der Waals surface area contributed by atoms with Gasteiger partial charge >= 0.3 is 6.18 Å². The van der Waals surface area contributed by atoms with Crippen molar-refractivity contribution in [3.63, 3.8) is 0 Å². The fourth-order valence-electron chi connectivity index (χ4n) is 4.04. The van der Waals surface area contributed by atoms with Gasteiger partial charge in [0.25, 0.3) is 5.91 Å². The van der Waals surface area contributed by atoms with Crippen molar-refractivity contribution in [2.24, 2.45) is 0 Å². The molecule has 11 heteroatoms. The molecule has 2 aromatic heterocycles. The van der Waals surface area contributed by atoms with Gasteiger partial charge in [-0.3, -0.25) is 9.48 Å². The van der Waals surface area contributed by atoms with Gasteiger partial charge in [0.1, 0.15) is 12.4 Å². The van der Waals surface area contributed by atoms with Gasteiger partial charge in [-0.05, 0) is 42.3 Å². The number of benzene rings is 1. The fourth-order valence-corrected chi connectivity index (χ4v) is 4.04. The van der Waals surface area contributed by atoms with Crippen molar-refractivity contribution in [2.45, 2.75) is 31.8 Å². The minimum absolute atomic E-state index is 0.0449. The second kappa shape index (κ2) is 8.14.